The molecular formula is C42H62N10O13. The summed E-state index contributed by atoms with van der Waals surface area (Å²) in [6.45, 7) is 4.78. The van der Waals surface area contributed by atoms with Crippen molar-refractivity contribution < 1.29 is 62.6 Å². The molecule has 1 saturated heterocycles. The Balaban J connectivity index is 2.58. The van der Waals surface area contributed by atoms with Crippen LogP contribution < -0.4 is 49.1 Å². The monoisotopic (exact) mass is 914 g/mol. The molecule has 1 aromatic rings. The maximum atomic E-state index is 14.0. The lowest BCUT2D eigenvalue weighted by Crippen LogP contribution is -2.58. The van der Waals surface area contributed by atoms with Gasteiger partial charge in [-0.3, -0.25) is 57.5 Å². The zero-order valence-electron chi connectivity index (χ0n) is 37.3. The number of amides is 10. The van der Waals surface area contributed by atoms with Crippen LogP contribution >= 0.6 is 0 Å². The van der Waals surface area contributed by atoms with E-state index in [1.54, 1.807) is 13.8 Å². The number of rotatable bonds is 17. The summed E-state index contributed by atoms with van der Waals surface area (Å²) in [6, 6.07) is -0.0577. The van der Waals surface area contributed by atoms with E-state index in [4.69, 9.17) is 17.2 Å². The molecule has 13 N–H and O–H groups in total. The number of nitrogens with one attached hydrogen (secondary N) is 6. The van der Waals surface area contributed by atoms with Gasteiger partial charge in [0.15, 0.2) is 11.6 Å². The summed E-state index contributed by atoms with van der Waals surface area (Å²) in [5, 5.41) is 24.8. The molecule has 2 rings (SSSR count). The summed E-state index contributed by atoms with van der Waals surface area (Å²) >= 11 is 0. The van der Waals surface area contributed by atoms with Crippen LogP contribution in [0.3, 0.4) is 0 Å². The lowest BCUT2D eigenvalue weighted by molar-refractivity contribution is -0.141. The predicted octanol–water partition coefficient (Wildman–Crippen LogP) is -3.27. The third kappa shape index (κ3) is 18.7. The smallest absolute Gasteiger partial charge is 0.245 e. The lowest BCUT2D eigenvalue weighted by Gasteiger charge is -2.29. The Morgan fingerprint density at radius 3 is 2.03 bits per heavy atom. The molecule has 23 nitrogen and oxygen atoms in total. The third-order valence-electron chi connectivity index (χ3n) is 10.7. The topological polar surface area (TPSA) is 379 Å². The molecule has 0 spiro atoms. The second-order valence-electron chi connectivity index (χ2n) is 16.6. The first-order chi connectivity index (χ1) is 30.3. The first-order valence-corrected chi connectivity index (χ1v) is 21.0. The van der Waals surface area contributed by atoms with Gasteiger partial charge in [0.2, 0.25) is 59.1 Å². The fraction of sp³-hybridized carbons (Fsp3) is 0.571. The van der Waals surface area contributed by atoms with Gasteiger partial charge in [0, 0.05) is 52.0 Å². The van der Waals surface area contributed by atoms with Crippen molar-refractivity contribution in [2.75, 3.05) is 20.1 Å². The van der Waals surface area contributed by atoms with Crippen LogP contribution in [-0.2, 0) is 64.0 Å². The van der Waals surface area contributed by atoms with E-state index in [2.05, 4.69) is 31.9 Å². The van der Waals surface area contributed by atoms with Crippen LogP contribution in [0.4, 0.5) is 0 Å². The first kappa shape index (κ1) is 54.2. The maximum Gasteiger partial charge on any atom is 0.245 e. The number of hydrogen-bond acceptors (Lipinski definition) is 13. The van der Waals surface area contributed by atoms with Crippen LogP contribution in [-0.4, -0.2) is 130 Å². The van der Waals surface area contributed by atoms with Crippen molar-refractivity contribution in [3.8, 4) is 5.75 Å². The summed E-state index contributed by atoms with van der Waals surface area (Å²) in [5.74, 6) is -12.4. The highest BCUT2D eigenvalue weighted by molar-refractivity contribution is 5.99. The molecule has 1 fully saturated rings. The number of ketones is 2. The van der Waals surface area contributed by atoms with Gasteiger partial charge in [0.1, 0.15) is 23.9 Å². The van der Waals surface area contributed by atoms with Crippen molar-refractivity contribution in [2.45, 2.75) is 122 Å². The Bertz CT molecular complexity index is 1970. The van der Waals surface area contributed by atoms with E-state index in [1.807, 2.05) is 0 Å². The lowest BCUT2D eigenvalue weighted by atomic mass is 9.91. The zero-order valence-corrected chi connectivity index (χ0v) is 37.3. The minimum Gasteiger partial charge on any atom is -0.508 e. The molecule has 1 heterocycles. The SMILES string of the molecule is CC[C@H](C)[C@@H]1NC(=O)[C@H](Cc2ccc(O)cc2)NC(=O)CNC(=O)CC[C@@H](C(=O)N(C)CC(=O)NC(C)(C)C(=O)CCC(N)=O)NC(=O)[C@H](CC(N)=O)CC(=O)[C@H](CCC(N)=O)NC1=O. The highest BCUT2D eigenvalue weighted by Crippen LogP contribution is 2.18. The van der Waals surface area contributed by atoms with E-state index in [1.165, 1.54) is 45.2 Å². The summed E-state index contributed by atoms with van der Waals surface area (Å²) in [7, 11) is 1.19. The van der Waals surface area contributed by atoms with Crippen LogP contribution in [0.5, 0.6) is 5.75 Å². The van der Waals surface area contributed by atoms with E-state index in [-0.39, 0.29) is 31.4 Å². The van der Waals surface area contributed by atoms with Crippen molar-refractivity contribution in [1.29, 1.82) is 0 Å². The average Bonchev–Trinajstić information content (AvgIpc) is 3.22. The number of Topliss-reactive ketones (excluding diaryl/α,β-unsaturated/α-hetero) is 2. The van der Waals surface area contributed by atoms with E-state index in [9.17, 15) is 62.6 Å². The number of phenolic OH excluding ortho intramolecular Hbond substituents is 1. The standard InChI is InChI=1S/C42H62N10O13/c1-6-22(2)37-40(64)48-26(11-14-31(43)56)29(54)18-24(19-33(45)58)38(62)49-27(41(65)52(5)21-36(61)51-42(3,4)30(55)13-15-32(44)57)12-16-34(59)46-20-35(60)47-28(39(63)50-37)17-23-7-9-25(53)10-8-23/h7-10,22,24,26-28,37,53H,6,11-21H2,1-5H3,(H2,43,56)(H2,44,57)(H2,45,58)(H,46,59)(H,47,60)(H,48,64)(H,49,62)(H,50,63)(H,51,61)/t22-,24-,26-,27-,28-,37-/m0/s1. The number of likely N-dealkylation sites (N-methyl/N-ethyl adjacent to an activating group) is 1. The second-order valence-corrected chi connectivity index (χ2v) is 16.6. The number of carbonyl (C=O) groups is 12. The zero-order chi connectivity index (χ0) is 49.2. The van der Waals surface area contributed by atoms with E-state index < -0.39 is 157 Å². The Hall–Kier alpha value is -6.94. The van der Waals surface area contributed by atoms with E-state index >= 15 is 0 Å². The minimum atomic E-state index is -1.61. The van der Waals surface area contributed by atoms with Gasteiger partial charge in [-0.05, 0) is 50.3 Å². The fourth-order valence-electron chi connectivity index (χ4n) is 6.68. The van der Waals surface area contributed by atoms with E-state index in [0.717, 1.165) is 4.90 Å². The molecular weight excluding hydrogens is 853 g/mol. The largest absolute Gasteiger partial charge is 0.508 e. The molecule has 23 heteroatoms. The molecule has 358 valence electrons. The molecule has 0 saturated carbocycles. The number of aromatic hydroxyl groups is 1. The van der Waals surface area contributed by atoms with Gasteiger partial charge < -0.3 is 59.1 Å². The van der Waals surface area contributed by atoms with Crippen LogP contribution in [0, 0.1) is 11.8 Å². The molecule has 6 atom stereocenters. The van der Waals surface area contributed by atoms with Crippen LogP contribution in [0.2, 0.25) is 0 Å². The van der Waals surface area contributed by atoms with Gasteiger partial charge >= 0.3 is 0 Å². The number of nitrogens with zero attached hydrogens (tertiary/aromatic N) is 1. The summed E-state index contributed by atoms with van der Waals surface area (Å²) in [4.78, 5) is 158. The number of hydrogen-bond donors (Lipinski definition) is 10. The number of carbonyl (C=O) groups excluding carboxylic acids is 12. The molecule has 1 aromatic carbocycles. The third-order valence-corrected chi connectivity index (χ3v) is 10.7. The molecule has 0 radical (unpaired) electrons. The molecule has 65 heavy (non-hydrogen) atoms. The van der Waals surface area contributed by atoms with Crippen LogP contribution in [0.15, 0.2) is 24.3 Å². The van der Waals surface area contributed by atoms with Crippen molar-refractivity contribution in [3.05, 3.63) is 29.8 Å². The van der Waals surface area contributed by atoms with Gasteiger partial charge in [-0.2, -0.15) is 0 Å². The Kier molecular flexibility index (Phi) is 21.2. The van der Waals surface area contributed by atoms with Crippen molar-refractivity contribution >= 4 is 70.6 Å². The van der Waals surface area contributed by atoms with Gasteiger partial charge in [0.25, 0.3) is 0 Å². The van der Waals surface area contributed by atoms with E-state index in [0.29, 0.717) is 12.0 Å². The highest BCUT2D eigenvalue weighted by atomic mass is 16.3. The quantitative estimate of drug-likeness (QED) is 0.0735. The molecule has 1 aliphatic rings. The van der Waals surface area contributed by atoms with Crippen molar-refractivity contribution in [2.24, 2.45) is 29.0 Å². The van der Waals surface area contributed by atoms with Crippen LogP contribution in [0.1, 0.15) is 91.0 Å². The number of primary amides is 3. The maximum absolute atomic E-state index is 14.0. The molecule has 0 unspecified atom stereocenters. The molecule has 1 aliphatic heterocycles. The van der Waals surface area contributed by atoms with Gasteiger partial charge in [0.05, 0.1) is 30.6 Å². The molecule has 0 aliphatic carbocycles. The number of nitrogens with two attached hydrogens (primary N) is 3. The fourth-order valence-corrected chi connectivity index (χ4v) is 6.68. The molecule has 10 amide bonds. The predicted molar refractivity (Wildman–Crippen MR) is 230 cm³/mol. The normalized spacial score (nSPS) is 21.2. The number of benzene rings is 1. The Morgan fingerprint density at radius 2 is 1.45 bits per heavy atom. The van der Waals surface area contributed by atoms with Gasteiger partial charge in [-0.1, -0.05) is 32.4 Å². The average molecular weight is 915 g/mol. The molecule has 0 aromatic heterocycles. The first-order valence-electron chi connectivity index (χ1n) is 21.0. The van der Waals surface area contributed by atoms with Crippen LogP contribution in [0.25, 0.3) is 0 Å². The summed E-state index contributed by atoms with van der Waals surface area (Å²) in [6.07, 6.45) is -3.60. The summed E-state index contributed by atoms with van der Waals surface area (Å²) < 4.78 is 0. The van der Waals surface area contributed by atoms with Gasteiger partial charge in [-0.15, -0.1) is 0 Å². The molecule has 0 bridgehead atoms. The van der Waals surface area contributed by atoms with Crippen molar-refractivity contribution in [1.82, 2.24) is 36.8 Å². The van der Waals surface area contributed by atoms with Crippen molar-refractivity contribution in [3.63, 3.8) is 0 Å². The highest BCUT2D eigenvalue weighted by Gasteiger charge is 2.37. The minimum absolute atomic E-state index is 0.0661. The Morgan fingerprint density at radius 1 is 0.815 bits per heavy atom. The summed E-state index contributed by atoms with van der Waals surface area (Å²) in [5.41, 5.74) is 15.0. The number of phenols is 1. The second kappa shape index (κ2) is 25.4. The Labute approximate surface area is 375 Å². The van der Waals surface area contributed by atoms with Gasteiger partial charge in [-0.25, -0.2) is 0 Å².